The van der Waals surface area contributed by atoms with Gasteiger partial charge in [0.15, 0.2) is 0 Å². The summed E-state index contributed by atoms with van der Waals surface area (Å²) in [5.74, 6) is 0. The summed E-state index contributed by atoms with van der Waals surface area (Å²) in [7, 11) is 0. The fourth-order valence-corrected chi connectivity index (χ4v) is 11.6. The molecule has 1 heteroatoms. The molecule has 2 aliphatic rings. The van der Waals surface area contributed by atoms with Gasteiger partial charge in [0.2, 0.25) is 0 Å². The van der Waals surface area contributed by atoms with Crippen molar-refractivity contribution >= 4 is 27.8 Å². The molecule has 0 unspecified atom stereocenters. The van der Waals surface area contributed by atoms with Crippen molar-refractivity contribution in [3.8, 4) is 66.8 Å². The van der Waals surface area contributed by atoms with E-state index in [1.165, 1.54) is 105 Å². The van der Waals surface area contributed by atoms with Crippen molar-refractivity contribution in [3.63, 3.8) is 0 Å². The molecule has 0 saturated heterocycles. The Balaban J connectivity index is 1.07. The van der Waals surface area contributed by atoms with Gasteiger partial charge in [-0.2, -0.15) is 0 Å². The van der Waals surface area contributed by atoms with Crippen LogP contribution in [0.1, 0.15) is 76.3 Å². The standard InChI is InChI=1S/C68H57N/c1-66(2,3)51-34-29-45(30-35-51)49-33-39-63(57(41-49)46-17-9-8-10-18-46)69(52-36-38-61-58(43-52)55-22-14-16-24-60(55)67(61,4)5)64-40-32-47-19-11-12-20-53(47)65(64)48-27-25-44(26-28-48)50-31-37-56-54-21-13-15-23-59(54)68(6,7)62(56)42-50/h8-43H,1-7H3. The molecular weight excluding hydrogens is 831 g/mol. The molecule has 10 aromatic carbocycles. The van der Waals surface area contributed by atoms with E-state index < -0.39 is 0 Å². The van der Waals surface area contributed by atoms with E-state index in [1.807, 2.05) is 0 Å². The fourth-order valence-electron chi connectivity index (χ4n) is 11.6. The summed E-state index contributed by atoms with van der Waals surface area (Å²) in [6.45, 7) is 16.3. The van der Waals surface area contributed by atoms with Crippen molar-refractivity contribution in [2.45, 2.75) is 64.7 Å². The third kappa shape index (κ3) is 6.97. The SMILES string of the molecule is CC(C)(C)c1ccc(-c2ccc(N(c3ccc4c(c3)-c3ccccc3C4(C)C)c3ccc4ccccc4c3-c3ccc(-c4ccc5c(c4)C(C)(C)c4ccccc4-5)cc3)c(-c3ccccc3)c2)cc1. The molecule has 0 aromatic heterocycles. The Bertz CT molecular complexity index is 3620. The van der Waals surface area contributed by atoms with Gasteiger partial charge in [0.05, 0.1) is 11.4 Å². The highest BCUT2D eigenvalue weighted by Crippen LogP contribution is 2.54. The van der Waals surface area contributed by atoms with Crippen LogP contribution in [0.4, 0.5) is 17.1 Å². The Morgan fingerprint density at radius 3 is 1.57 bits per heavy atom. The number of hydrogen-bond acceptors (Lipinski definition) is 1. The molecule has 12 rings (SSSR count). The lowest BCUT2D eigenvalue weighted by Crippen LogP contribution is -2.16. The second kappa shape index (κ2) is 15.9. The van der Waals surface area contributed by atoms with Crippen LogP contribution in [0.5, 0.6) is 0 Å². The maximum atomic E-state index is 2.54. The molecule has 1 nitrogen and oxygen atoms in total. The topological polar surface area (TPSA) is 3.24 Å². The van der Waals surface area contributed by atoms with Crippen LogP contribution in [0.25, 0.3) is 77.5 Å². The first-order valence-electron chi connectivity index (χ1n) is 24.6. The first kappa shape index (κ1) is 42.6. The zero-order valence-electron chi connectivity index (χ0n) is 40.7. The summed E-state index contributed by atoms with van der Waals surface area (Å²) in [6, 6.07) is 82.2. The van der Waals surface area contributed by atoms with Crippen LogP contribution in [0, 0.1) is 0 Å². The monoisotopic (exact) mass is 887 g/mol. The molecule has 0 atom stereocenters. The molecule has 0 fully saturated rings. The van der Waals surface area contributed by atoms with Crippen molar-refractivity contribution < 1.29 is 0 Å². The van der Waals surface area contributed by atoms with Gasteiger partial charge in [-0.05, 0) is 136 Å². The molecule has 69 heavy (non-hydrogen) atoms. The third-order valence-corrected chi connectivity index (χ3v) is 15.5. The lowest BCUT2D eigenvalue weighted by Gasteiger charge is -2.32. The molecule has 0 saturated carbocycles. The smallest absolute Gasteiger partial charge is 0.0546 e. The maximum Gasteiger partial charge on any atom is 0.0546 e. The highest BCUT2D eigenvalue weighted by atomic mass is 15.1. The Hall–Kier alpha value is -7.74. The number of rotatable bonds is 7. The molecule has 0 spiro atoms. The first-order valence-corrected chi connectivity index (χ1v) is 24.6. The van der Waals surface area contributed by atoms with E-state index >= 15 is 0 Å². The fraction of sp³-hybridized carbons (Fsp3) is 0.147. The Labute approximate surface area is 408 Å². The second-order valence-corrected chi connectivity index (χ2v) is 21.4. The van der Waals surface area contributed by atoms with Gasteiger partial charge in [0.25, 0.3) is 0 Å². The number of fused-ring (bicyclic) bond motifs is 7. The van der Waals surface area contributed by atoms with E-state index in [-0.39, 0.29) is 16.2 Å². The van der Waals surface area contributed by atoms with Gasteiger partial charge in [0.1, 0.15) is 0 Å². The zero-order valence-corrected chi connectivity index (χ0v) is 40.7. The minimum Gasteiger partial charge on any atom is -0.309 e. The molecule has 0 radical (unpaired) electrons. The zero-order chi connectivity index (χ0) is 47.2. The highest BCUT2D eigenvalue weighted by molar-refractivity contribution is 6.07. The lowest BCUT2D eigenvalue weighted by atomic mass is 9.81. The molecule has 2 aliphatic carbocycles. The summed E-state index contributed by atoms with van der Waals surface area (Å²) in [5.41, 5.74) is 25.0. The summed E-state index contributed by atoms with van der Waals surface area (Å²) >= 11 is 0. The van der Waals surface area contributed by atoms with E-state index in [4.69, 9.17) is 0 Å². The van der Waals surface area contributed by atoms with Gasteiger partial charge < -0.3 is 4.90 Å². The molecule has 0 aliphatic heterocycles. The molecular formula is C68H57N. The number of nitrogens with zero attached hydrogens (tertiary/aromatic N) is 1. The van der Waals surface area contributed by atoms with Crippen molar-refractivity contribution in [1.82, 2.24) is 0 Å². The first-order chi connectivity index (χ1) is 33.4. The van der Waals surface area contributed by atoms with Gasteiger partial charge in [0, 0.05) is 27.6 Å². The predicted octanol–water partition coefficient (Wildman–Crippen LogP) is 18.9. The van der Waals surface area contributed by atoms with Crippen molar-refractivity contribution in [3.05, 3.63) is 246 Å². The Kier molecular flexibility index (Phi) is 9.84. The molecule has 10 aromatic rings. The van der Waals surface area contributed by atoms with Crippen LogP contribution in [-0.4, -0.2) is 0 Å². The van der Waals surface area contributed by atoms with Gasteiger partial charge in [-0.25, -0.2) is 0 Å². The molecule has 334 valence electrons. The van der Waals surface area contributed by atoms with Crippen LogP contribution in [0.3, 0.4) is 0 Å². The van der Waals surface area contributed by atoms with Crippen molar-refractivity contribution in [2.75, 3.05) is 4.90 Å². The van der Waals surface area contributed by atoms with Crippen molar-refractivity contribution in [2.24, 2.45) is 0 Å². The number of benzene rings is 10. The average molecular weight is 888 g/mol. The number of anilines is 3. The van der Waals surface area contributed by atoms with Gasteiger partial charge in [-0.1, -0.05) is 230 Å². The van der Waals surface area contributed by atoms with Crippen LogP contribution >= 0.6 is 0 Å². The van der Waals surface area contributed by atoms with E-state index in [1.54, 1.807) is 0 Å². The van der Waals surface area contributed by atoms with E-state index in [9.17, 15) is 0 Å². The summed E-state index contributed by atoms with van der Waals surface area (Å²) in [6.07, 6.45) is 0. The normalized spacial score (nSPS) is 14.0. The van der Waals surface area contributed by atoms with Crippen LogP contribution in [-0.2, 0) is 16.2 Å². The average Bonchev–Trinajstić information content (AvgIpc) is 3.75. The van der Waals surface area contributed by atoms with Gasteiger partial charge >= 0.3 is 0 Å². The van der Waals surface area contributed by atoms with Crippen molar-refractivity contribution in [1.29, 1.82) is 0 Å². The Morgan fingerprint density at radius 2 is 0.855 bits per heavy atom. The number of hydrogen-bond donors (Lipinski definition) is 0. The quantitative estimate of drug-likeness (QED) is 0.154. The molecule has 0 bridgehead atoms. The lowest BCUT2D eigenvalue weighted by molar-refractivity contribution is 0.590. The summed E-state index contributed by atoms with van der Waals surface area (Å²) in [5, 5.41) is 2.43. The highest BCUT2D eigenvalue weighted by Gasteiger charge is 2.37. The second-order valence-electron chi connectivity index (χ2n) is 21.4. The largest absolute Gasteiger partial charge is 0.309 e. The van der Waals surface area contributed by atoms with Crippen LogP contribution in [0.2, 0.25) is 0 Å². The minimum atomic E-state index is -0.108. The van der Waals surface area contributed by atoms with E-state index in [0.717, 1.165) is 17.1 Å². The van der Waals surface area contributed by atoms with Crippen LogP contribution in [0.15, 0.2) is 218 Å². The molecule has 0 heterocycles. The van der Waals surface area contributed by atoms with E-state index in [0.29, 0.717) is 0 Å². The summed E-state index contributed by atoms with van der Waals surface area (Å²) in [4.78, 5) is 2.54. The molecule has 0 amide bonds. The van der Waals surface area contributed by atoms with E-state index in [2.05, 4.69) is 272 Å². The Morgan fingerprint density at radius 1 is 0.333 bits per heavy atom. The summed E-state index contributed by atoms with van der Waals surface area (Å²) < 4.78 is 0. The maximum absolute atomic E-state index is 2.54. The van der Waals surface area contributed by atoms with Gasteiger partial charge in [-0.3, -0.25) is 0 Å². The van der Waals surface area contributed by atoms with Gasteiger partial charge in [-0.15, -0.1) is 0 Å². The molecule has 0 N–H and O–H groups in total. The minimum absolute atomic E-state index is 0.0632. The predicted molar refractivity (Wildman–Crippen MR) is 294 cm³/mol. The third-order valence-electron chi connectivity index (χ3n) is 15.5. The van der Waals surface area contributed by atoms with Crippen LogP contribution < -0.4 is 4.90 Å².